The highest BCUT2D eigenvalue weighted by Crippen LogP contribution is 2.42. The molecule has 2 heterocycles. The average Bonchev–Trinajstić information content (AvgIpc) is 3.36. The molecule has 2 aromatic rings. The molecule has 1 saturated heterocycles. The minimum absolute atomic E-state index is 0.0137. The molecular weight excluding hydrogens is 450 g/mol. The number of methoxy groups -OCH3 is 2. The van der Waals surface area contributed by atoms with Gasteiger partial charge in [-0.05, 0) is 48.4 Å². The SMILES string of the molecule is C=CCOc1ccc([C@H]2C(=C(O)c3ccc4c(c3)C[C@H](C)O4)C(=O)C(=O)N2CCOC)cc1OC. The molecule has 2 aromatic carbocycles. The zero-order chi connectivity index (χ0) is 25.1. The number of aliphatic hydroxyl groups is 1. The Hall–Kier alpha value is -3.78. The molecule has 0 aliphatic carbocycles. The highest BCUT2D eigenvalue weighted by atomic mass is 16.5. The van der Waals surface area contributed by atoms with Gasteiger partial charge in [-0.3, -0.25) is 9.59 Å². The summed E-state index contributed by atoms with van der Waals surface area (Å²) in [6.07, 6.45) is 2.36. The maximum Gasteiger partial charge on any atom is 0.295 e. The number of ether oxygens (including phenoxy) is 4. The molecule has 0 bridgehead atoms. The van der Waals surface area contributed by atoms with E-state index in [4.69, 9.17) is 18.9 Å². The van der Waals surface area contributed by atoms with Crippen molar-refractivity contribution in [3.63, 3.8) is 0 Å². The van der Waals surface area contributed by atoms with E-state index in [2.05, 4.69) is 6.58 Å². The zero-order valence-corrected chi connectivity index (χ0v) is 20.1. The van der Waals surface area contributed by atoms with Gasteiger partial charge in [0.1, 0.15) is 24.2 Å². The van der Waals surface area contributed by atoms with Crippen molar-refractivity contribution in [2.24, 2.45) is 0 Å². The maximum atomic E-state index is 13.2. The molecule has 2 atom stereocenters. The van der Waals surface area contributed by atoms with Gasteiger partial charge >= 0.3 is 0 Å². The fraction of sp³-hybridized carbons (Fsp3) is 0.333. The first-order valence-electron chi connectivity index (χ1n) is 11.4. The fourth-order valence-corrected chi connectivity index (χ4v) is 4.49. The van der Waals surface area contributed by atoms with Crippen LogP contribution in [0.25, 0.3) is 5.76 Å². The van der Waals surface area contributed by atoms with E-state index < -0.39 is 17.7 Å². The molecule has 0 spiro atoms. The maximum absolute atomic E-state index is 13.2. The molecule has 2 aliphatic heterocycles. The predicted molar refractivity (Wildman–Crippen MR) is 130 cm³/mol. The van der Waals surface area contributed by atoms with E-state index in [1.54, 1.807) is 42.5 Å². The van der Waals surface area contributed by atoms with Crippen molar-refractivity contribution in [2.75, 3.05) is 34.0 Å². The highest BCUT2D eigenvalue weighted by Gasteiger charge is 2.46. The van der Waals surface area contributed by atoms with Crippen molar-refractivity contribution >= 4 is 17.4 Å². The molecule has 1 amide bonds. The lowest BCUT2D eigenvalue weighted by atomic mass is 9.94. The molecule has 0 unspecified atom stereocenters. The van der Waals surface area contributed by atoms with Gasteiger partial charge in [0.05, 0.1) is 25.3 Å². The third kappa shape index (κ3) is 4.61. The van der Waals surface area contributed by atoms with Crippen LogP contribution in [0, 0.1) is 0 Å². The molecular formula is C27H29NO7. The smallest absolute Gasteiger partial charge is 0.295 e. The molecule has 0 aromatic heterocycles. The minimum atomic E-state index is -0.823. The predicted octanol–water partition coefficient (Wildman–Crippen LogP) is 3.65. The van der Waals surface area contributed by atoms with Gasteiger partial charge in [-0.15, -0.1) is 0 Å². The topological polar surface area (TPSA) is 94.5 Å². The molecule has 184 valence electrons. The lowest BCUT2D eigenvalue weighted by Crippen LogP contribution is -2.32. The summed E-state index contributed by atoms with van der Waals surface area (Å²) in [4.78, 5) is 27.6. The van der Waals surface area contributed by atoms with Crippen molar-refractivity contribution in [1.29, 1.82) is 0 Å². The Balaban J connectivity index is 1.82. The Morgan fingerprint density at radius 3 is 2.71 bits per heavy atom. The quantitative estimate of drug-likeness (QED) is 0.254. The van der Waals surface area contributed by atoms with Crippen LogP contribution in [0.4, 0.5) is 0 Å². The van der Waals surface area contributed by atoms with Gasteiger partial charge in [0.15, 0.2) is 11.5 Å². The second kappa shape index (κ2) is 10.2. The number of aliphatic hydroxyl groups excluding tert-OH is 1. The molecule has 0 saturated carbocycles. The number of Topliss-reactive ketones (excluding diaryl/α,β-unsaturated/α-hetero) is 1. The number of rotatable bonds is 9. The molecule has 1 N–H and O–H groups in total. The van der Waals surface area contributed by atoms with E-state index >= 15 is 0 Å². The second-order valence-electron chi connectivity index (χ2n) is 8.45. The van der Waals surface area contributed by atoms with Crippen molar-refractivity contribution in [2.45, 2.75) is 25.5 Å². The van der Waals surface area contributed by atoms with Crippen LogP contribution in [0.1, 0.15) is 29.7 Å². The van der Waals surface area contributed by atoms with Crippen LogP contribution in [0.3, 0.4) is 0 Å². The second-order valence-corrected chi connectivity index (χ2v) is 8.45. The number of hydrogen-bond acceptors (Lipinski definition) is 7. The van der Waals surface area contributed by atoms with Gasteiger partial charge in [0, 0.05) is 25.6 Å². The number of hydrogen-bond donors (Lipinski definition) is 1. The summed E-state index contributed by atoms with van der Waals surface area (Å²) in [6, 6.07) is 9.62. The van der Waals surface area contributed by atoms with Crippen LogP contribution < -0.4 is 14.2 Å². The van der Waals surface area contributed by atoms with Gasteiger partial charge in [0.25, 0.3) is 11.7 Å². The molecule has 8 nitrogen and oxygen atoms in total. The summed E-state index contributed by atoms with van der Waals surface area (Å²) in [6.45, 7) is 6.32. The van der Waals surface area contributed by atoms with Crippen molar-refractivity contribution in [3.8, 4) is 17.2 Å². The number of carbonyl (C=O) groups excluding carboxylic acids is 2. The van der Waals surface area contributed by atoms with E-state index in [0.717, 1.165) is 11.3 Å². The van der Waals surface area contributed by atoms with Crippen molar-refractivity contribution in [3.05, 3.63) is 71.3 Å². The van der Waals surface area contributed by atoms with Gasteiger partial charge in [-0.2, -0.15) is 0 Å². The minimum Gasteiger partial charge on any atom is -0.507 e. The lowest BCUT2D eigenvalue weighted by Gasteiger charge is -2.25. The van der Waals surface area contributed by atoms with Crippen LogP contribution in [0.15, 0.2) is 54.6 Å². The largest absolute Gasteiger partial charge is 0.507 e. The van der Waals surface area contributed by atoms with E-state index in [1.807, 2.05) is 6.92 Å². The molecule has 0 radical (unpaired) electrons. The van der Waals surface area contributed by atoms with Gasteiger partial charge in [0.2, 0.25) is 0 Å². The Morgan fingerprint density at radius 2 is 2.00 bits per heavy atom. The summed E-state index contributed by atoms with van der Waals surface area (Å²) in [5.74, 6) is 0.00739. The monoisotopic (exact) mass is 479 g/mol. The number of benzene rings is 2. The van der Waals surface area contributed by atoms with Crippen LogP contribution in [-0.4, -0.2) is 61.8 Å². The first-order valence-corrected chi connectivity index (χ1v) is 11.4. The number of carbonyl (C=O) groups is 2. The first kappa shape index (κ1) is 24.3. The summed E-state index contributed by atoms with van der Waals surface area (Å²) in [7, 11) is 3.03. The molecule has 2 aliphatic rings. The standard InChI is InChI=1S/C27H29NO7/c1-5-11-34-21-9-6-17(15-22(21)33-4)24-23(26(30)27(31)28(24)10-12-32-3)25(29)18-7-8-20-19(14-18)13-16(2)35-20/h5-9,14-16,24,29H,1,10-13H2,2-4H3/t16-,24-/m0/s1. The van der Waals surface area contributed by atoms with E-state index in [-0.39, 0.29) is 30.6 Å². The highest BCUT2D eigenvalue weighted by molar-refractivity contribution is 6.46. The summed E-state index contributed by atoms with van der Waals surface area (Å²) < 4.78 is 22.0. The van der Waals surface area contributed by atoms with Crippen LogP contribution in [0.5, 0.6) is 17.2 Å². The van der Waals surface area contributed by atoms with Gasteiger partial charge < -0.3 is 29.0 Å². The number of fused-ring (bicyclic) bond motifs is 1. The zero-order valence-electron chi connectivity index (χ0n) is 20.1. The number of likely N-dealkylation sites (tertiary alicyclic amines) is 1. The van der Waals surface area contributed by atoms with Crippen LogP contribution >= 0.6 is 0 Å². The average molecular weight is 480 g/mol. The van der Waals surface area contributed by atoms with Crippen LogP contribution in [0.2, 0.25) is 0 Å². The van der Waals surface area contributed by atoms with E-state index in [1.165, 1.54) is 19.1 Å². The number of nitrogens with zero attached hydrogens (tertiary/aromatic N) is 1. The molecule has 4 rings (SSSR count). The van der Waals surface area contributed by atoms with Gasteiger partial charge in [-0.25, -0.2) is 0 Å². The Morgan fingerprint density at radius 1 is 1.20 bits per heavy atom. The summed E-state index contributed by atoms with van der Waals surface area (Å²) in [5.41, 5.74) is 2.01. The summed E-state index contributed by atoms with van der Waals surface area (Å²) in [5, 5.41) is 11.3. The van der Waals surface area contributed by atoms with E-state index in [9.17, 15) is 14.7 Å². The van der Waals surface area contributed by atoms with E-state index in [0.29, 0.717) is 35.7 Å². The van der Waals surface area contributed by atoms with Gasteiger partial charge in [-0.1, -0.05) is 18.7 Å². The lowest BCUT2D eigenvalue weighted by molar-refractivity contribution is -0.140. The summed E-state index contributed by atoms with van der Waals surface area (Å²) >= 11 is 0. The molecule has 1 fully saturated rings. The van der Waals surface area contributed by atoms with Crippen molar-refractivity contribution in [1.82, 2.24) is 4.90 Å². The normalized spacial score (nSPS) is 20.5. The molecule has 35 heavy (non-hydrogen) atoms. The third-order valence-corrected chi connectivity index (χ3v) is 6.11. The number of ketones is 1. The third-order valence-electron chi connectivity index (χ3n) is 6.11. The Labute approximate surface area is 204 Å². The Kier molecular flexibility index (Phi) is 7.12. The Bertz CT molecular complexity index is 1190. The number of amides is 1. The van der Waals surface area contributed by atoms with Crippen molar-refractivity contribution < 1.29 is 33.6 Å². The first-order chi connectivity index (χ1) is 16.9. The van der Waals surface area contributed by atoms with Crippen LogP contribution in [-0.2, 0) is 20.7 Å². The fourth-order valence-electron chi connectivity index (χ4n) is 4.49. The molecule has 8 heteroatoms.